The molecule has 0 saturated carbocycles. The first-order chi connectivity index (χ1) is 8.13. The minimum absolute atomic E-state index is 0.0375. The summed E-state index contributed by atoms with van der Waals surface area (Å²) in [4.78, 5) is 11.2. The molecule has 1 atom stereocenters. The lowest BCUT2D eigenvalue weighted by Gasteiger charge is -2.13. The molecule has 1 amide bonds. The number of carbonyl (C=O) groups excluding carboxylic acids is 1. The molecular weight excluding hydrogens is 238 g/mol. The zero-order valence-electron chi connectivity index (χ0n) is 9.53. The van der Waals surface area contributed by atoms with E-state index in [2.05, 4.69) is 10.6 Å². The maximum absolute atomic E-state index is 11.2. The fourth-order valence-corrected chi connectivity index (χ4v) is 1.44. The van der Waals surface area contributed by atoms with Crippen molar-refractivity contribution < 1.29 is 4.79 Å². The van der Waals surface area contributed by atoms with Crippen molar-refractivity contribution in [1.82, 2.24) is 10.6 Å². The average Bonchev–Trinajstić information content (AvgIpc) is 2.34. The Hall–Kier alpha value is -1.57. The maximum atomic E-state index is 11.2. The van der Waals surface area contributed by atoms with Crippen molar-refractivity contribution >= 4 is 17.5 Å². The molecule has 17 heavy (non-hydrogen) atoms. The molecule has 90 valence electrons. The van der Waals surface area contributed by atoms with Gasteiger partial charge in [0.2, 0.25) is 5.91 Å². The van der Waals surface area contributed by atoms with Crippen molar-refractivity contribution in [2.45, 2.75) is 13.0 Å². The zero-order valence-corrected chi connectivity index (χ0v) is 10.3. The molecule has 0 aliphatic carbocycles. The van der Waals surface area contributed by atoms with Gasteiger partial charge in [0.05, 0.1) is 12.6 Å². The van der Waals surface area contributed by atoms with Gasteiger partial charge < -0.3 is 10.6 Å². The Morgan fingerprint density at radius 3 is 2.71 bits per heavy atom. The molecule has 1 aromatic rings. The van der Waals surface area contributed by atoms with Gasteiger partial charge in [-0.25, -0.2) is 0 Å². The molecule has 0 saturated heterocycles. The van der Waals surface area contributed by atoms with Gasteiger partial charge in [-0.1, -0.05) is 23.7 Å². The number of carbonyl (C=O) groups is 1. The third-order valence-electron chi connectivity index (χ3n) is 2.30. The number of hydrogen-bond donors (Lipinski definition) is 2. The van der Waals surface area contributed by atoms with Crippen LogP contribution in [0.4, 0.5) is 0 Å². The van der Waals surface area contributed by atoms with Crippen molar-refractivity contribution in [1.29, 1.82) is 5.26 Å². The summed E-state index contributed by atoms with van der Waals surface area (Å²) >= 11 is 5.79. The molecule has 0 aliphatic heterocycles. The summed E-state index contributed by atoms with van der Waals surface area (Å²) in [5.74, 6) is -0.188. The SMILES string of the molecule is CC(NCC(=O)NCC#N)c1ccc(Cl)cc1. The highest BCUT2D eigenvalue weighted by Crippen LogP contribution is 2.15. The van der Waals surface area contributed by atoms with Crippen LogP contribution in [0.2, 0.25) is 5.02 Å². The molecule has 1 unspecified atom stereocenters. The lowest BCUT2D eigenvalue weighted by atomic mass is 10.1. The number of rotatable bonds is 5. The first-order valence-electron chi connectivity index (χ1n) is 5.26. The molecule has 0 radical (unpaired) electrons. The van der Waals surface area contributed by atoms with Gasteiger partial charge in [-0.3, -0.25) is 4.79 Å². The molecule has 0 heterocycles. The molecule has 2 N–H and O–H groups in total. The van der Waals surface area contributed by atoms with Gasteiger partial charge in [-0.05, 0) is 24.6 Å². The average molecular weight is 252 g/mol. The third kappa shape index (κ3) is 4.85. The summed E-state index contributed by atoms with van der Waals surface area (Å²) in [6.07, 6.45) is 0. The number of nitrogens with one attached hydrogen (secondary N) is 2. The second-order valence-electron chi connectivity index (χ2n) is 3.59. The van der Waals surface area contributed by atoms with Crippen molar-refractivity contribution in [2.24, 2.45) is 0 Å². The lowest BCUT2D eigenvalue weighted by molar-refractivity contribution is -0.120. The van der Waals surface area contributed by atoms with E-state index in [4.69, 9.17) is 16.9 Å². The van der Waals surface area contributed by atoms with Gasteiger partial charge in [-0.2, -0.15) is 5.26 Å². The molecule has 0 fully saturated rings. The Kier molecular flexibility index (Phi) is 5.47. The van der Waals surface area contributed by atoms with Crippen molar-refractivity contribution in [3.63, 3.8) is 0 Å². The fourth-order valence-electron chi connectivity index (χ4n) is 1.32. The molecule has 0 bridgehead atoms. The van der Waals surface area contributed by atoms with Crippen molar-refractivity contribution in [2.75, 3.05) is 13.1 Å². The number of nitrogens with zero attached hydrogens (tertiary/aromatic N) is 1. The molecule has 0 spiro atoms. The Labute approximate surface area is 106 Å². The second kappa shape index (κ2) is 6.89. The van der Waals surface area contributed by atoms with Crippen molar-refractivity contribution in [3.05, 3.63) is 34.9 Å². The summed E-state index contributed by atoms with van der Waals surface area (Å²) in [6.45, 7) is 2.18. The Morgan fingerprint density at radius 1 is 1.47 bits per heavy atom. The predicted octanol–water partition coefficient (Wildman–Crippen LogP) is 1.63. The van der Waals surface area contributed by atoms with Crippen LogP contribution >= 0.6 is 11.6 Å². The van der Waals surface area contributed by atoms with Crippen LogP contribution in [-0.2, 0) is 4.79 Å². The smallest absolute Gasteiger partial charge is 0.234 e. The van der Waals surface area contributed by atoms with Crippen LogP contribution in [0.15, 0.2) is 24.3 Å². The standard InChI is InChI=1S/C12H14ClN3O/c1-9(10-2-4-11(13)5-3-10)16-8-12(17)15-7-6-14/h2-5,9,16H,7-8H2,1H3,(H,15,17). The number of amides is 1. The van der Waals surface area contributed by atoms with Gasteiger partial charge >= 0.3 is 0 Å². The Balaban J connectivity index is 2.39. The van der Waals surface area contributed by atoms with Gasteiger partial charge in [-0.15, -0.1) is 0 Å². The molecule has 5 heteroatoms. The maximum Gasteiger partial charge on any atom is 0.234 e. The van der Waals surface area contributed by atoms with E-state index < -0.39 is 0 Å². The molecule has 1 aromatic carbocycles. The van der Waals surface area contributed by atoms with Gasteiger partial charge in [0.1, 0.15) is 6.54 Å². The highest BCUT2D eigenvalue weighted by Gasteiger charge is 2.06. The van der Waals surface area contributed by atoms with Crippen LogP contribution in [0.5, 0.6) is 0 Å². The topological polar surface area (TPSA) is 64.9 Å². The molecule has 0 aliphatic rings. The summed E-state index contributed by atoms with van der Waals surface area (Å²) in [5.41, 5.74) is 1.06. The zero-order chi connectivity index (χ0) is 12.7. The summed E-state index contributed by atoms with van der Waals surface area (Å²) < 4.78 is 0. The lowest BCUT2D eigenvalue weighted by Crippen LogP contribution is -2.35. The number of halogens is 1. The number of nitriles is 1. The minimum atomic E-state index is -0.188. The molecule has 4 nitrogen and oxygen atoms in total. The minimum Gasteiger partial charge on any atom is -0.342 e. The highest BCUT2D eigenvalue weighted by atomic mass is 35.5. The fraction of sp³-hybridized carbons (Fsp3) is 0.333. The van der Waals surface area contributed by atoms with E-state index in [1.165, 1.54) is 0 Å². The second-order valence-corrected chi connectivity index (χ2v) is 4.03. The van der Waals surface area contributed by atoms with E-state index >= 15 is 0 Å². The van der Waals surface area contributed by atoms with E-state index in [9.17, 15) is 4.79 Å². The van der Waals surface area contributed by atoms with E-state index in [0.29, 0.717) is 5.02 Å². The normalized spacial score (nSPS) is 11.6. The summed E-state index contributed by atoms with van der Waals surface area (Å²) in [5, 5.41) is 14.5. The summed E-state index contributed by atoms with van der Waals surface area (Å²) in [7, 11) is 0. The molecule has 0 aromatic heterocycles. The quantitative estimate of drug-likeness (QED) is 0.782. The molecule has 1 rings (SSSR count). The van der Waals surface area contributed by atoms with E-state index in [0.717, 1.165) is 5.56 Å². The first-order valence-corrected chi connectivity index (χ1v) is 5.63. The first kappa shape index (κ1) is 13.5. The molecular formula is C12H14ClN3O. The predicted molar refractivity (Wildman–Crippen MR) is 66.5 cm³/mol. The Morgan fingerprint density at radius 2 is 2.12 bits per heavy atom. The summed E-state index contributed by atoms with van der Waals surface area (Å²) in [6, 6.07) is 9.35. The van der Waals surface area contributed by atoms with Crippen LogP contribution in [-0.4, -0.2) is 19.0 Å². The Bertz CT molecular complexity index is 411. The largest absolute Gasteiger partial charge is 0.342 e. The van der Waals surface area contributed by atoms with Crippen LogP contribution < -0.4 is 10.6 Å². The number of hydrogen-bond acceptors (Lipinski definition) is 3. The van der Waals surface area contributed by atoms with Gasteiger partial charge in [0.15, 0.2) is 0 Å². The van der Waals surface area contributed by atoms with Crippen molar-refractivity contribution in [3.8, 4) is 6.07 Å². The van der Waals surface area contributed by atoms with Crippen LogP contribution in [0.1, 0.15) is 18.5 Å². The van der Waals surface area contributed by atoms with E-state index in [-0.39, 0.29) is 25.0 Å². The van der Waals surface area contributed by atoms with Crippen LogP contribution in [0.3, 0.4) is 0 Å². The number of benzene rings is 1. The van der Waals surface area contributed by atoms with E-state index in [1.54, 1.807) is 0 Å². The third-order valence-corrected chi connectivity index (χ3v) is 2.56. The monoisotopic (exact) mass is 251 g/mol. The van der Waals surface area contributed by atoms with Crippen LogP contribution in [0.25, 0.3) is 0 Å². The van der Waals surface area contributed by atoms with Crippen LogP contribution in [0, 0.1) is 11.3 Å². The highest BCUT2D eigenvalue weighted by molar-refractivity contribution is 6.30. The van der Waals surface area contributed by atoms with E-state index in [1.807, 2.05) is 37.3 Å². The van der Waals surface area contributed by atoms with Gasteiger partial charge in [0, 0.05) is 11.1 Å². The van der Waals surface area contributed by atoms with Gasteiger partial charge in [0.25, 0.3) is 0 Å².